The van der Waals surface area contributed by atoms with Crippen molar-refractivity contribution in [2.75, 3.05) is 4.90 Å². The smallest absolute Gasteiger partial charge is 0.0603 e. The summed E-state index contributed by atoms with van der Waals surface area (Å²) in [6, 6.07) is 63.6. The van der Waals surface area contributed by atoms with Crippen molar-refractivity contribution < 1.29 is 0 Å². The molecule has 2 nitrogen and oxygen atoms in total. The summed E-state index contributed by atoms with van der Waals surface area (Å²) >= 11 is 0. The molecule has 4 fully saturated rings. The van der Waals surface area contributed by atoms with Crippen LogP contribution in [0.5, 0.6) is 0 Å². The first-order valence-corrected chi connectivity index (χ1v) is 20.0. The minimum Gasteiger partial charge on any atom is -0.309 e. The summed E-state index contributed by atoms with van der Waals surface area (Å²) in [4.78, 5) is 2.55. The van der Waals surface area contributed by atoms with Crippen LogP contribution in [0.2, 0.25) is 0 Å². The van der Waals surface area contributed by atoms with Crippen molar-refractivity contribution in [3.63, 3.8) is 0 Å². The third-order valence-electron chi connectivity index (χ3n) is 14.0. The second-order valence-corrected chi connectivity index (χ2v) is 16.5. The predicted molar refractivity (Wildman–Crippen MR) is 224 cm³/mol. The highest BCUT2D eigenvalue weighted by molar-refractivity contribution is 6.19. The molecule has 4 saturated carbocycles. The van der Waals surface area contributed by atoms with Crippen LogP contribution in [-0.2, 0) is 5.41 Å². The molecule has 0 saturated heterocycles. The summed E-state index contributed by atoms with van der Waals surface area (Å²) in [7, 11) is 0. The number of hydrogen-bond acceptors (Lipinski definition) is 1. The fourth-order valence-corrected chi connectivity index (χ4v) is 12.2. The van der Waals surface area contributed by atoms with Gasteiger partial charge in [-0.1, -0.05) is 133 Å². The Kier molecular flexibility index (Phi) is 6.55. The minimum absolute atomic E-state index is 0.0509. The van der Waals surface area contributed by atoms with Crippen LogP contribution in [0.15, 0.2) is 170 Å². The molecule has 0 amide bonds. The van der Waals surface area contributed by atoms with Crippen molar-refractivity contribution in [1.29, 1.82) is 0 Å². The maximum absolute atomic E-state index is 2.65. The first kappa shape index (κ1) is 30.6. The van der Waals surface area contributed by atoms with E-state index in [-0.39, 0.29) is 5.41 Å². The fraction of sp³-hybridized carbons (Fsp3) is 0.192. The van der Waals surface area contributed by atoms with Gasteiger partial charge < -0.3 is 9.47 Å². The average Bonchev–Trinajstić information content (AvgIpc) is 3.58. The van der Waals surface area contributed by atoms with Gasteiger partial charge in [0.1, 0.15) is 0 Å². The number of benzene rings is 7. The predicted octanol–water partition coefficient (Wildman–Crippen LogP) is 13.6. The maximum atomic E-state index is 2.65. The molecular weight excluding hydrogens is 653 g/mol. The quantitative estimate of drug-likeness (QED) is 0.174. The standard InChI is InChI=1S/C52H42N2/c1-3-13-36(14-4-1)37-23-25-41(26-24-37)53(46-20-10-7-17-42(46)38-15-5-2-6-16-38)49-28-27-45-51-50(49)43-18-8-11-21-47(43)54(51)48-22-12-9-19-44(48)52(45)39-30-34-29-35(32-39)33-40(52)31-34/h1-28,34-35,39-40H,29-33H2. The molecule has 1 aliphatic heterocycles. The molecule has 1 aromatic heterocycles. The van der Waals surface area contributed by atoms with Crippen LogP contribution in [0.1, 0.15) is 43.2 Å². The summed E-state index contributed by atoms with van der Waals surface area (Å²) in [5.74, 6) is 3.18. The number of aromatic nitrogens is 1. The molecule has 0 atom stereocenters. The molecule has 4 aliphatic carbocycles. The van der Waals surface area contributed by atoms with Gasteiger partial charge >= 0.3 is 0 Å². The van der Waals surface area contributed by atoms with Gasteiger partial charge in [0.25, 0.3) is 0 Å². The second-order valence-electron chi connectivity index (χ2n) is 16.5. The largest absolute Gasteiger partial charge is 0.309 e. The van der Waals surface area contributed by atoms with Gasteiger partial charge in [0.15, 0.2) is 0 Å². The third-order valence-corrected chi connectivity index (χ3v) is 14.0. The SMILES string of the molecule is c1ccc(-c2ccc(N(c3ccccc3-c3ccccc3)c3ccc4c5c3c3ccccc3n5-c3ccccc3C43C4CC5CC(C4)CC3C5)cc2)cc1. The van der Waals surface area contributed by atoms with E-state index in [1.807, 2.05) is 0 Å². The first-order chi connectivity index (χ1) is 26.8. The Morgan fingerprint density at radius 1 is 0.463 bits per heavy atom. The number of fused-ring (bicyclic) bond motifs is 5. The Morgan fingerprint density at radius 2 is 1.07 bits per heavy atom. The minimum atomic E-state index is 0.0509. The summed E-state index contributed by atoms with van der Waals surface area (Å²) in [5, 5.41) is 2.68. The number of hydrogen-bond donors (Lipinski definition) is 0. The molecule has 4 bridgehead atoms. The number of nitrogens with zero attached hydrogens (tertiary/aromatic N) is 2. The van der Waals surface area contributed by atoms with Crippen LogP contribution in [0.25, 0.3) is 49.7 Å². The second kappa shape index (κ2) is 11.6. The molecule has 2 heterocycles. The number of rotatable bonds is 5. The van der Waals surface area contributed by atoms with E-state index in [2.05, 4.69) is 179 Å². The number of anilines is 3. The van der Waals surface area contributed by atoms with Crippen molar-refractivity contribution in [1.82, 2.24) is 4.57 Å². The Morgan fingerprint density at radius 3 is 1.83 bits per heavy atom. The maximum Gasteiger partial charge on any atom is 0.0603 e. The van der Waals surface area contributed by atoms with Crippen molar-refractivity contribution in [2.45, 2.75) is 37.5 Å². The molecule has 5 aliphatic rings. The van der Waals surface area contributed by atoms with Crippen molar-refractivity contribution >= 4 is 38.9 Å². The Labute approximate surface area is 317 Å². The molecule has 7 aromatic carbocycles. The van der Waals surface area contributed by atoms with Gasteiger partial charge in [-0.25, -0.2) is 0 Å². The molecule has 54 heavy (non-hydrogen) atoms. The zero-order chi connectivity index (χ0) is 35.4. The van der Waals surface area contributed by atoms with Gasteiger partial charge in [0.2, 0.25) is 0 Å². The molecule has 0 unspecified atom stereocenters. The van der Waals surface area contributed by atoms with E-state index >= 15 is 0 Å². The van der Waals surface area contributed by atoms with Crippen LogP contribution in [0.4, 0.5) is 17.1 Å². The topological polar surface area (TPSA) is 8.17 Å². The van der Waals surface area contributed by atoms with Gasteiger partial charge in [-0.3, -0.25) is 0 Å². The highest BCUT2D eigenvalue weighted by atomic mass is 15.2. The third kappa shape index (κ3) is 4.17. The van der Waals surface area contributed by atoms with E-state index in [0.717, 1.165) is 17.5 Å². The normalized spacial score (nSPS) is 23.3. The monoisotopic (exact) mass is 694 g/mol. The van der Waals surface area contributed by atoms with Crippen LogP contribution in [-0.4, -0.2) is 4.57 Å². The van der Waals surface area contributed by atoms with E-state index in [1.54, 1.807) is 11.1 Å². The van der Waals surface area contributed by atoms with Gasteiger partial charge in [-0.05, 0) is 120 Å². The summed E-state index contributed by atoms with van der Waals surface area (Å²) in [5.41, 5.74) is 15.8. The molecule has 260 valence electrons. The summed E-state index contributed by atoms with van der Waals surface area (Å²) in [6.07, 6.45) is 6.94. The molecule has 0 radical (unpaired) electrons. The highest BCUT2D eigenvalue weighted by Crippen LogP contribution is 2.68. The van der Waals surface area contributed by atoms with E-state index in [1.165, 1.54) is 93.2 Å². The van der Waals surface area contributed by atoms with E-state index in [4.69, 9.17) is 0 Å². The van der Waals surface area contributed by atoms with E-state index in [9.17, 15) is 0 Å². The van der Waals surface area contributed by atoms with Gasteiger partial charge in [-0.15, -0.1) is 0 Å². The van der Waals surface area contributed by atoms with Crippen molar-refractivity contribution in [3.05, 3.63) is 181 Å². The molecule has 0 N–H and O–H groups in total. The Bertz CT molecular complexity index is 2690. The summed E-state index contributed by atoms with van der Waals surface area (Å²) in [6.45, 7) is 0. The lowest BCUT2D eigenvalue weighted by Crippen LogP contribution is -2.57. The van der Waals surface area contributed by atoms with Crippen molar-refractivity contribution in [2.24, 2.45) is 23.7 Å². The van der Waals surface area contributed by atoms with Gasteiger partial charge in [0.05, 0.1) is 28.1 Å². The Hall–Kier alpha value is -5.86. The van der Waals surface area contributed by atoms with Crippen LogP contribution in [0, 0.1) is 23.7 Å². The van der Waals surface area contributed by atoms with Crippen LogP contribution >= 0.6 is 0 Å². The van der Waals surface area contributed by atoms with Crippen LogP contribution < -0.4 is 4.90 Å². The summed E-state index contributed by atoms with van der Waals surface area (Å²) < 4.78 is 2.65. The van der Waals surface area contributed by atoms with Crippen LogP contribution in [0.3, 0.4) is 0 Å². The lowest BCUT2D eigenvalue weighted by molar-refractivity contribution is -0.0418. The first-order valence-electron chi connectivity index (χ1n) is 20.0. The van der Waals surface area contributed by atoms with Crippen molar-refractivity contribution in [3.8, 4) is 27.9 Å². The van der Waals surface area contributed by atoms with Gasteiger partial charge in [0, 0.05) is 27.4 Å². The zero-order valence-corrected chi connectivity index (χ0v) is 30.4. The Balaban J connectivity index is 1.17. The zero-order valence-electron chi connectivity index (χ0n) is 30.4. The molecule has 8 aromatic rings. The fourth-order valence-electron chi connectivity index (χ4n) is 12.2. The van der Waals surface area contributed by atoms with E-state index < -0.39 is 0 Å². The average molecular weight is 695 g/mol. The lowest BCUT2D eigenvalue weighted by atomic mass is 9.41. The highest BCUT2D eigenvalue weighted by Gasteiger charge is 2.61. The molecule has 1 spiro atoms. The van der Waals surface area contributed by atoms with Gasteiger partial charge in [-0.2, -0.15) is 0 Å². The number of para-hydroxylation sites is 3. The molecular formula is C52H42N2. The lowest BCUT2D eigenvalue weighted by Gasteiger charge is -2.63. The molecule has 13 rings (SSSR count). The van der Waals surface area contributed by atoms with E-state index in [0.29, 0.717) is 11.8 Å². The molecule has 2 heteroatoms.